The second-order valence-corrected chi connectivity index (χ2v) is 7.92. The van der Waals surface area contributed by atoms with Crippen LogP contribution in [0.15, 0.2) is 72.8 Å². The van der Waals surface area contributed by atoms with E-state index in [1.807, 2.05) is 24.3 Å². The lowest BCUT2D eigenvalue weighted by molar-refractivity contribution is -0.122. The van der Waals surface area contributed by atoms with Crippen LogP contribution in [0.4, 0.5) is 11.4 Å². The molecule has 0 saturated heterocycles. The number of nitrogens with one attached hydrogen (secondary N) is 2. The monoisotopic (exact) mass is 450 g/mol. The summed E-state index contributed by atoms with van der Waals surface area (Å²) in [5, 5.41) is 6.10. The van der Waals surface area contributed by atoms with Crippen LogP contribution in [0.3, 0.4) is 0 Å². The van der Waals surface area contributed by atoms with E-state index in [0.29, 0.717) is 22.0 Å². The zero-order valence-corrected chi connectivity index (χ0v) is 19.0. The van der Waals surface area contributed by atoms with Crippen LogP contribution in [0.1, 0.15) is 42.6 Å². The Hall–Kier alpha value is -3.31. The van der Waals surface area contributed by atoms with Crippen molar-refractivity contribution in [3.63, 3.8) is 0 Å². The molecule has 2 amide bonds. The van der Waals surface area contributed by atoms with Crippen LogP contribution in [0, 0.1) is 0 Å². The highest BCUT2D eigenvalue weighted by Gasteiger charge is 2.16. The minimum Gasteiger partial charge on any atom is -0.481 e. The van der Waals surface area contributed by atoms with Gasteiger partial charge < -0.3 is 15.4 Å². The maximum atomic E-state index is 12.5. The van der Waals surface area contributed by atoms with E-state index in [0.717, 1.165) is 24.9 Å². The normalized spacial score (nSPS) is 11.5. The predicted octanol–water partition coefficient (Wildman–Crippen LogP) is 6.34. The minimum absolute atomic E-state index is 0.206. The number of hydrogen-bond donors (Lipinski definition) is 2. The third-order valence-electron chi connectivity index (χ3n) is 4.96. The smallest absolute Gasteiger partial charge is 0.265 e. The van der Waals surface area contributed by atoms with E-state index in [9.17, 15) is 9.59 Å². The molecule has 0 spiro atoms. The molecule has 166 valence electrons. The van der Waals surface area contributed by atoms with Crippen LogP contribution >= 0.6 is 11.6 Å². The van der Waals surface area contributed by atoms with Gasteiger partial charge in [0, 0.05) is 11.3 Å². The van der Waals surface area contributed by atoms with Gasteiger partial charge in [-0.15, -0.1) is 0 Å². The Morgan fingerprint density at radius 3 is 2.28 bits per heavy atom. The lowest BCUT2D eigenvalue weighted by Gasteiger charge is -2.15. The number of aryl methyl sites for hydroxylation is 1. The summed E-state index contributed by atoms with van der Waals surface area (Å²) < 4.78 is 5.70. The van der Waals surface area contributed by atoms with Gasteiger partial charge in [-0.25, -0.2) is 0 Å². The Balaban J connectivity index is 1.54. The number of benzene rings is 3. The van der Waals surface area contributed by atoms with E-state index >= 15 is 0 Å². The Kier molecular flexibility index (Phi) is 8.28. The maximum absolute atomic E-state index is 12.5. The van der Waals surface area contributed by atoms with Crippen molar-refractivity contribution in [2.75, 3.05) is 10.6 Å². The second-order valence-electron chi connectivity index (χ2n) is 7.51. The van der Waals surface area contributed by atoms with Crippen LogP contribution in [0.5, 0.6) is 5.75 Å². The van der Waals surface area contributed by atoms with Crippen molar-refractivity contribution in [2.45, 2.75) is 39.2 Å². The third kappa shape index (κ3) is 6.59. The number of amides is 2. The molecule has 0 radical (unpaired) electrons. The number of hydrogen-bond acceptors (Lipinski definition) is 3. The minimum atomic E-state index is -0.739. The molecule has 0 bridgehead atoms. The molecule has 0 saturated carbocycles. The number of carbonyl (C=O) groups excluding carboxylic acids is 2. The molecule has 0 heterocycles. The lowest BCUT2D eigenvalue weighted by Crippen LogP contribution is -2.30. The highest BCUT2D eigenvalue weighted by atomic mass is 35.5. The molecule has 3 aromatic carbocycles. The van der Waals surface area contributed by atoms with Gasteiger partial charge in [0.2, 0.25) is 0 Å². The van der Waals surface area contributed by atoms with Crippen molar-refractivity contribution in [1.29, 1.82) is 0 Å². The molecule has 1 atom stereocenters. The fraction of sp³-hybridized carbons (Fsp3) is 0.231. The van der Waals surface area contributed by atoms with Gasteiger partial charge >= 0.3 is 0 Å². The maximum Gasteiger partial charge on any atom is 0.265 e. The molecular formula is C26H27ClN2O3. The predicted molar refractivity (Wildman–Crippen MR) is 130 cm³/mol. The van der Waals surface area contributed by atoms with Gasteiger partial charge in [0.15, 0.2) is 6.10 Å². The number of anilines is 2. The number of carbonyl (C=O) groups is 2. The van der Waals surface area contributed by atoms with E-state index in [-0.39, 0.29) is 11.8 Å². The molecule has 2 N–H and O–H groups in total. The highest BCUT2D eigenvalue weighted by molar-refractivity contribution is 6.33. The van der Waals surface area contributed by atoms with E-state index in [1.54, 1.807) is 55.5 Å². The second kappa shape index (κ2) is 11.3. The van der Waals surface area contributed by atoms with Gasteiger partial charge in [0.25, 0.3) is 11.8 Å². The molecule has 6 heteroatoms. The van der Waals surface area contributed by atoms with Crippen molar-refractivity contribution in [1.82, 2.24) is 0 Å². The third-order valence-corrected chi connectivity index (χ3v) is 5.29. The molecular weight excluding hydrogens is 424 g/mol. The van der Waals surface area contributed by atoms with Gasteiger partial charge in [-0.1, -0.05) is 49.2 Å². The van der Waals surface area contributed by atoms with Crippen molar-refractivity contribution in [2.24, 2.45) is 0 Å². The first-order valence-corrected chi connectivity index (χ1v) is 11.1. The van der Waals surface area contributed by atoms with Crippen LogP contribution < -0.4 is 15.4 Å². The summed E-state index contributed by atoms with van der Waals surface area (Å²) in [4.78, 5) is 24.9. The first kappa shape index (κ1) is 23.4. The molecule has 3 rings (SSSR count). The summed E-state index contributed by atoms with van der Waals surface area (Å²) in [7, 11) is 0. The fourth-order valence-corrected chi connectivity index (χ4v) is 3.26. The molecule has 32 heavy (non-hydrogen) atoms. The van der Waals surface area contributed by atoms with Gasteiger partial charge in [-0.05, 0) is 73.9 Å². The number of rotatable bonds is 9. The Morgan fingerprint density at radius 2 is 1.62 bits per heavy atom. The number of para-hydroxylation sites is 1. The molecule has 0 fully saturated rings. The van der Waals surface area contributed by atoms with Gasteiger partial charge in [-0.2, -0.15) is 0 Å². The summed E-state index contributed by atoms with van der Waals surface area (Å²) in [5.41, 5.74) is 3.04. The Bertz CT molecular complexity index is 1050. The Morgan fingerprint density at radius 1 is 0.938 bits per heavy atom. The van der Waals surface area contributed by atoms with Crippen molar-refractivity contribution >= 4 is 34.8 Å². The number of unbranched alkanes of at least 4 members (excludes halogenated alkanes) is 1. The molecule has 0 aromatic heterocycles. The topological polar surface area (TPSA) is 67.4 Å². The van der Waals surface area contributed by atoms with Crippen molar-refractivity contribution in [3.05, 3.63) is 88.9 Å². The van der Waals surface area contributed by atoms with Crippen LogP contribution in [-0.4, -0.2) is 17.9 Å². The summed E-state index contributed by atoms with van der Waals surface area (Å²) in [6.45, 7) is 3.82. The van der Waals surface area contributed by atoms with Crippen LogP contribution in [-0.2, 0) is 11.2 Å². The molecule has 5 nitrogen and oxygen atoms in total. The Labute approximate surface area is 193 Å². The molecule has 0 aliphatic heterocycles. The van der Waals surface area contributed by atoms with Gasteiger partial charge in [0.1, 0.15) is 5.75 Å². The van der Waals surface area contributed by atoms with E-state index in [2.05, 4.69) is 17.6 Å². The molecule has 0 aliphatic rings. The number of ether oxygens (including phenoxy) is 1. The highest BCUT2D eigenvalue weighted by Crippen LogP contribution is 2.21. The van der Waals surface area contributed by atoms with Gasteiger partial charge in [-0.3, -0.25) is 9.59 Å². The zero-order chi connectivity index (χ0) is 22.9. The van der Waals surface area contributed by atoms with Crippen LogP contribution in [0.2, 0.25) is 5.02 Å². The molecule has 1 unspecified atom stereocenters. The number of halogens is 1. The quantitative estimate of drug-likeness (QED) is 0.399. The van der Waals surface area contributed by atoms with E-state index in [1.165, 1.54) is 5.56 Å². The first-order chi connectivity index (χ1) is 15.5. The average molecular weight is 451 g/mol. The van der Waals surface area contributed by atoms with E-state index < -0.39 is 6.10 Å². The standard InChI is InChI=1S/C26H27ClN2O3/c1-3-4-7-19-10-14-21(15-11-19)28-26(31)20-12-16-22(17-13-20)32-18(2)25(30)29-24-9-6-5-8-23(24)27/h5-6,8-18H,3-4,7H2,1-2H3,(H,28,31)(H,29,30). The average Bonchev–Trinajstić information content (AvgIpc) is 2.80. The molecule has 0 aliphatic carbocycles. The summed E-state index contributed by atoms with van der Waals surface area (Å²) >= 11 is 6.07. The summed E-state index contributed by atoms with van der Waals surface area (Å²) in [6.07, 6.45) is 2.61. The fourth-order valence-electron chi connectivity index (χ4n) is 3.08. The molecule has 3 aromatic rings. The summed E-state index contributed by atoms with van der Waals surface area (Å²) in [5.74, 6) is -0.0340. The SMILES string of the molecule is CCCCc1ccc(NC(=O)c2ccc(OC(C)C(=O)Nc3ccccc3Cl)cc2)cc1. The van der Waals surface area contributed by atoms with E-state index in [4.69, 9.17) is 16.3 Å². The largest absolute Gasteiger partial charge is 0.481 e. The van der Waals surface area contributed by atoms with Gasteiger partial charge in [0.05, 0.1) is 10.7 Å². The zero-order valence-electron chi connectivity index (χ0n) is 18.2. The van der Waals surface area contributed by atoms with Crippen molar-refractivity contribution in [3.8, 4) is 5.75 Å². The van der Waals surface area contributed by atoms with Crippen LogP contribution in [0.25, 0.3) is 0 Å². The first-order valence-electron chi connectivity index (χ1n) is 10.7. The summed E-state index contributed by atoms with van der Waals surface area (Å²) in [6, 6.07) is 21.6. The lowest BCUT2D eigenvalue weighted by atomic mass is 10.1. The van der Waals surface area contributed by atoms with Crippen molar-refractivity contribution < 1.29 is 14.3 Å².